The summed E-state index contributed by atoms with van der Waals surface area (Å²) in [5, 5.41) is 33.5. The molecule has 2 aromatic heterocycles. The Hall–Kier alpha value is -2.68. The van der Waals surface area contributed by atoms with Gasteiger partial charge in [-0.3, -0.25) is 9.36 Å². The number of nitrogens with zero attached hydrogens (tertiary/aromatic N) is 7. The Labute approximate surface area is 172 Å². The first-order valence-electron chi connectivity index (χ1n) is 8.87. The third-order valence-electron chi connectivity index (χ3n) is 4.76. The Kier molecular flexibility index (Phi) is 6.60. The Balaban J connectivity index is 1.82. The summed E-state index contributed by atoms with van der Waals surface area (Å²) in [6.45, 7) is 0. The summed E-state index contributed by atoms with van der Waals surface area (Å²) in [5.74, 6) is -0.245. The van der Waals surface area contributed by atoms with E-state index in [1.54, 1.807) is 0 Å². The van der Waals surface area contributed by atoms with Crippen LogP contribution in [0.15, 0.2) is 11.4 Å². The Bertz CT molecular complexity index is 981. The first-order chi connectivity index (χ1) is 14.2. The van der Waals surface area contributed by atoms with Crippen LogP contribution in [0.5, 0.6) is 0 Å². The van der Waals surface area contributed by atoms with Gasteiger partial charge in [0.2, 0.25) is 5.95 Å². The zero-order chi connectivity index (χ0) is 22.0. The second-order valence-electron chi connectivity index (χ2n) is 6.83. The molecule has 1 aliphatic rings. The topological polar surface area (TPSA) is 231 Å². The zero-order valence-electron chi connectivity index (χ0n) is 15.9. The number of fused-ring (bicyclic) bond motifs is 1. The molecule has 6 unspecified atom stereocenters. The lowest BCUT2D eigenvalue weighted by molar-refractivity contribution is -0.138. The molecule has 0 aliphatic carbocycles. The van der Waals surface area contributed by atoms with Gasteiger partial charge in [-0.25, -0.2) is 15.0 Å². The SMILES string of the molecule is C[S+](CCC(N)C(=O)O)CC1OC(n2c(N=[N+]=[N-])nc3c(N)ncnc32)C(O)C1O. The summed E-state index contributed by atoms with van der Waals surface area (Å²) >= 11 is 0. The van der Waals surface area contributed by atoms with Crippen molar-refractivity contribution in [1.29, 1.82) is 0 Å². The summed E-state index contributed by atoms with van der Waals surface area (Å²) in [4.78, 5) is 25.6. The Morgan fingerprint density at radius 2 is 2.20 bits per heavy atom. The minimum absolute atomic E-state index is 0.0580. The van der Waals surface area contributed by atoms with Crippen molar-refractivity contribution in [3.63, 3.8) is 0 Å². The number of nitrogen functional groups attached to an aromatic ring is 1. The third-order valence-corrected chi connectivity index (χ3v) is 6.59. The molecule has 0 saturated carbocycles. The van der Waals surface area contributed by atoms with Crippen LogP contribution in [0, 0.1) is 0 Å². The van der Waals surface area contributed by atoms with Gasteiger partial charge >= 0.3 is 5.97 Å². The van der Waals surface area contributed by atoms with Crippen LogP contribution in [0.1, 0.15) is 12.6 Å². The fourth-order valence-corrected chi connectivity index (χ4v) is 4.81. The number of azide groups is 1. The average Bonchev–Trinajstić information content (AvgIpc) is 3.19. The molecule has 2 aromatic rings. The van der Waals surface area contributed by atoms with Crippen LogP contribution in [-0.2, 0) is 20.4 Å². The number of carbonyl (C=O) groups is 1. The summed E-state index contributed by atoms with van der Waals surface area (Å²) in [6.07, 6.45) is -1.06. The first-order valence-corrected chi connectivity index (χ1v) is 10.8. The van der Waals surface area contributed by atoms with E-state index in [4.69, 9.17) is 26.8 Å². The highest BCUT2D eigenvalue weighted by molar-refractivity contribution is 7.96. The minimum Gasteiger partial charge on any atom is -0.480 e. The number of aromatic nitrogens is 4. The van der Waals surface area contributed by atoms with Crippen LogP contribution in [0.25, 0.3) is 21.6 Å². The number of nitrogens with two attached hydrogens (primary N) is 2. The number of ether oxygens (including phenoxy) is 1. The lowest BCUT2D eigenvalue weighted by atomic mass is 10.1. The molecule has 162 valence electrons. The van der Waals surface area contributed by atoms with Gasteiger partial charge in [-0.05, 0) is 21.5 Å². The van der Waals surface area contributed by atoms with Gasteiger partial charge in [0.1, 0.15) is 42.2 Å². The summed E-state index contributed by atoms with van der Waals surface area (Å²) in [6, 6.07) is -0.957. The number of aliphatic carboxylic acids is 1. The van der Waals surface area contributed by atoms with Crippen molar-refractivity contribution in [2.24, 2.45) is 10.8 Å². The van der Waals surface area contributed by atoms with Gasteiger partial charge in [-0.15, -0.1) is 0 Å². The van der Waals surface area contributed by atoms with Gasteiger partial charge in [0.25, 0.3) is 0 Å². The molecule has 30 heavy (non-hydrogen) atoms. The largest absolute Gasteiger partial charge is 0.480 e. The molecule has 1 fully saturated rings. The Morgan fingerprint density at radius 1 is 1.47 bits per heavy atom. The van der Waals surface area contributed by atoms with Gasteiger partial charge in [0.05, 0.1) is 6.26 Å². The average molecular weight is 440 g/mol. The number of hydrogen-bond acceptors (Lipinski definition) is 10. The normalized spacial score (nSPS) is 25.7. The third kappa shape index (κ3) is 4.26. The van der Waals surface area contributed by atoms with Crippen LogP contribution >= 0.6 is 0 Å². The fourth-order valence-electron chi connectivity index (χ4n) is 3.16. The summed E-state index contributed by atoms with van der Waals surface area (Å²) in [5.41, 5.74) is 20.5. The van der Waals surface area contributed by atoms with Gasteiger partial charge in [0, 0.05) is 11.3 Å². The molecule has 0 radical (unpaired) electrons. The molecule has 14 nitrogen and oxygen atoms in total. The molecule has 15 heteroatoms. The molecule has 0 spiro atoms. The molecule has 1 saturated heterocycles. The summed E-state index contributed by atoms with van der Waals surface area (Å²) < 4.78 is 7.16. The molecule has 3 heterocycles. The predicted molar refractivity (Wildman–Crippen MR) is 108 cm³/mol. The predicted octanol–water partition coefficient (Wildman–Crippen LogP) is -0.980. The lowest BCUT2D eigenvalue weighted by Crippen LogP contribution is -2.37. The number of carboxylic acids is 1. The second-order valence-corrected chi connectivity index (χ2v) is 9.14. The highest BCUT2D eigenvalue weighted by Gasteiger charge is 2.47. The van der Waals surface area contributed by atoms with E-state index in [-0.39, 0.29) is 40.2 Å². The van der Waals surface area contributed by atoms with Crippen LogP contribution < -0.4 is 11.5 Å². The van der Waals surface area contributed by atoms with Crippen LogP contribution in [0.3, 0.4) is 0 Å². The molecule has 0 bridgehead atoms. The second kappa shape index (κ2) is 8.99. The van der Waals surface area contributed by atoms with E-state index in [2.05, 4.69) is 25.0 Å². The van der Waals surface area contributed by atoms with E-state index in [0.717, 1.165) is 0 Å². The van der Waals surface area contributed by atoms with E-state index in [1.807, 2.05) is 6.26 Å². The van der Waals surface area contributed by atoms with Crippen molar-refractivity contribution >= 4 is 39.8 Å². The van der Waals surface area contributed by atoms with Crippen LogP contribution in [-0.4, -0.2) is 82.9 Å². The van der Waals surface area contributed by atoms with Crippen molar-refractivity contribution in [3.05, 3.63) is 16.8 Å². The van der Waals surface area contributed by atoms with E-state index in [1.165, 1.54) is 10.9 Å². The van der Waals surface area contributed by atoms with Crippen LogP contribution in [0.4, 0.5) is 11.8 Å². The standard InChI is InChI=1S/C15H21N9O5S/c1-30(3-2-6(16)14(27)28)4-7-9(25)10(26)13(29-7)24-12-8(11(17)19-5-20-12)21-15(24)22-23-18/h5-7,9-10,13,25-26H,2-4,16H2,1H3,(H2-,17,19,20,27,28)/p+1. The van der Waals surface area contributed by atoms with E-state index >= 15 is 0 Å². The molecule has 0 aromatic carbocycles. The van der Waals surface area contributed by atoms with Gasteiger partial charge < -0.3 is 31.5 Å². The minimum atomic E-state index is -1.35. The molecule has 1 aliphatic heterocycles. The number of anilines is 1. The smallest absolute Gasteiger partial charge is 0.320 e. The molecule has 0 amide bonds. The summed E-state index contributed by atoms with van der Waals surface area (Å²) in [7, 11) is -0.326. The molecular formula is C15H22N9O5S+. The number of rotatable bonds is 8. The number of aliphatic hydroxyl groups excluding tert-OH is 2. The van der Waals surface area contributed by atoms with Crippen molar-refractivity contribution in [2.75, 3.05) is 23.5 Å². The molecular weight excluding hydrogens is 418 g/mol. The number of carboxylic acid groups (broad SMARTS) is 1. The quantitative estimate of drug-likeness (QED) is 0.146. The number of imidazole rings is 1. The molecule has 7 N–H and O–H groups in total. The van der Waals surface area contributed by atoms with Gasteiger partial charge in [-0.2, -0.15) is 0 Å². The maximum atomic E-state index is 10.9. The maximum absolute atomic E-state index is 10.9. The molecule has 6 atom stereocenters. The van der Waals surface area contributed by atoms with Crippen molar-refractivity contribution < 1.29 is 24.9 Å². The van der Waals surface area contributed by atoms with E-state index in [0.29, 0.717) is 11.5 Å². The van der Waals surface area contributed by atoms with Gasteiger partial charge in [0.15, 0.2) is 23.2 Å². The fraction of sp³-hybridized carbons (Fsp3) is 0.600. The number of hydrogen-bond donors (Lipinski definition) is 5. The molecule has 3 rings (SSSR count). The van der Waals surface area contributed by atoms with E-state index < -0.39 is 36.6 Å². The first kappa shape index (κ1) is 22.0. The highest BCUT2D eigenvalue weighted by Crippen LogP contribution is 2.36. The van der Waals surface area contributed by atoms with Crippen LogP contribution in [0.2, 0.25) is 0 Å². The highest BCUT2D eigenvalue weighted by atomic mass is 32.2. The monoisotopic (exact) mass is 440 g/mol. The lowest BCUT2D eigenvalue weighted by Gasteiger charge is -2.18. The number of aliphatic hydroxyl groups is 2. The van der Waals surface area contributed by atoms with E-state index in [9.17, 15) is 15.0 Å². The maximum Gasteiger partial charge on any atom is 0.320 e. The van der Waals surface area contributed by atoms with Crippen molar-refractivity contribution in [1.82, 2.24) is 19.5 Å². The zero-order valence-corrected chi connectivity index (χ0v) is 16.8. The van der Waals surface area contributed by atoms with Crippen molar-refractivity contribution in [3.8, 4) is 0 Å². The van der Waals surface area contributed by atoms with Crippen molar-refractivity contribution in [2.45, 2.75) is 37.0 Å². The van der Waals surface area contributed by atoms with Gasteiger partial charge in [-0.1, -0.05) is 0 Å². The Morgan fingerprint density at radius 3 is 2.87 bits per heavy atom.